The second kappa shape index (κ2) is 8.92. The van der Waals surface area contributed by atoms with Crippen molar-refractivity contribution in [2.24, 2.45) is 0 Å². The number of hydrogen-bond acceptors (Lipinski definition) is 5. The van der Waals surface area contributed by atoms with Crippen LogP contribution < -0.4 is 10.6 Å². The fourth-order valence-corrected chi connectivity index (χ4v) is 2.69. The van der Waals surface area contributed by atoms with Crippen LogP contribution in [0.4, 0.5) is 4.39 Å². The molecular formula is C17H22ClFN4O2. The highest BCUT2D eigenvalue weighted by molar-refractivity contribution is 5.85. The van der Waals surface area contributed by atoms with Crippen LogP contribution in [0.1, 0.15) is 30.7 Å². The topological polar surface area (TPSA) is 80.0 Å². The van der Waals surface area contributed by atoms with Crippen molar-refractivity contribution in [2.75, 3.05) is 13.1 Å². The first-order valence-corrected chi connectivity index (χ1v) is 8.21. The Bertz CT molecular complexity index is 716. The van der Waals surface area contributed by atoms with Gasteiger partial charge in [0.15, 0.2) is 0 Å². The molecule has 25 heavy (non-hydrogen) atoms. The molecule has 2 heterocycles. The van der Waals surface area contributed by atoms with Gasteiger partial charge in [-0.3, -0.25) is 4.79 Å². The van der Waals surface area contributed by atoms with Gasteiger partial charge in [0, 0.05) is 24.4 Å². The number of piperidine rings is 1. The molecule has 1 amide bonds. The van der Waals surface area contributed by atoms with E-state index in [9.17, 15) is 9.18 Å². The Kier molecular flexibility index (Phi) is 6.90. The lowest BCUT2D eigenvalue weighted by Crippen LogP contribution is -2.42. The summed E-state index contributed by atoms with van der Waals surface area (Å²) in [4.78, 5) is 16.2. The van der Waals surface area contributed by atoms with Gasteiger partial charge in [-0.2, -0.15) is 4.98 Å². The molecule has 0 bridgehead atoms. The molecule has 8 heteroatoms. The van der Waals surface area contributed by atoms with Crippen LogP contribution in [0.25, 0.3) is 11.4 Å². The standard InChI is InChI=1S/C17H21FN4O2.ClH/c1-11-2-3-12(10-14(11)18)17-21-16(24-22-17)5-4-15(23)20-13-6-8-19-9-7-13;/h2-3,10,13,19H,4-9H2,1H3,(H,20,23);1H. The lowest BCUT2D eigenvalue weighted by Gasteiger charge is -2.23. The van der Waals surface area contributed by atoms with E-state index in [1.807, 2.05) is 0 Å². The third-order valence-electron chi connectivity index (χ3n) is 4.17. The van der Waals surface area contributed by atoms with Crippen molar-refractivity contribution >= 4 is 18.3 Å². The average molecular weight is 369 g/mol. The number of aryl methyl sites for hydroxylation is 2. The number of nitrogens with one attached hydrogen (secondary N) is 2. The highest BCUT2D eigenvalue weighted by Crippen LogP contribution is 2.19. The predicted molar refractivity (Wildman–Crippen MR) is 94.0 cm³/mol. The zero-order chi connectivity index (χ0) is 16.9. The number of carbonyl (C=O) groups excluding carboxylic acids is 1. The largest absolute Gasteiger partial charge is 0.353 e. The van der Waals surface area contributed by atoms with Crippen molar-refractivity contribution in [2.45, 2.75) is 38.6 Å². The first kappa shape index (κ1) is 19.3. The summed E-state index contributed by atoms with van der Waals surface area (Å²) < 4.78 is 18.8. The summed E-state index contributed by atoms with van der Waals surface area (Å²) in [5.41, 5.74) is 1.13. The summed E-state index contributed by atoms with van der Waals surface area (Å²) >= 11 is 0. The molecule has 0 spiro atoms. The van der Waals surface area contributed by atoms with Crippen molar-refractivity contribution < 1.29 is 13.7 Å². The molecule has 1 aliphatic rings. The molecule has 2 N–H and O–H groups in total. The Morgan fingerprint density at radius 1 is 1.40 bits per heavy atom. The first-order valence-electron chi connectivity index (χ1n) is 8.21. The van der Waals surface area contributed by atoms with E-state index in [4.69, 9.17) is 4.52 Å². The van der Waals surface area contributed by atoms with Gasteiger partial charge in [0.2, 0.25) is 17.6 Å². The highest BCUT2D eigenvalue weighted by Gasteiger charge is 2.16. The Balaban J connectivity index is 0.00000225. The Hall–Kier alpha value is -1.99. The number of rotatable bonds is 5. The number of aromatic nitrogens is 2. The minimum absolute atomic E-state index is 0. The second-order valence-electron chi connectivity index (χ2n) is 6.07. The zero-order valence-corrected chi connectivity index (χ0v) is 14.9. The number of nitrogens with zero attached hydrogens (tertiary/aromatic N) is 2. The van der Waals surface area contributed by atoms with E-state index >= 15 is 0 Å². The molecule has 1 aliphatic heterocycles. The Morgan fingerprint density at radius 3 is 2.88 bits per heavy atom. The van der Waals surface area contributed by atoms with Crippen LogP contribution in [-0.2, 0) is 11.2 Å². The molecular weight excluding hydrogens is 347 g/mol. The van der Waals surface area contributed by atoms with Crippen LogP contribution in [0.15, 0.2) is 22.7 Å². The lowest BCUT2D eigenvalue weighted by atomic mass is 10.1. The minimum Gasteiger partial charge on any atom is -0.353 e. The first-order chi connectivity index (χ1) is 11.6. The fraction of sp³-hybridized carbons (Fsp3) is 0.471. The van der Waals surface area contributed by atoms with Crippen molar-refractivity contribution in [3.05, 3.63) is 35.5 Å². The van der Waals surface area contributed by atoms with Crippen molar-refractivity contribution in [1.29, 1.82) is 0 Å². The average Bonchev–Trinajstić information content (AvgIpc) is 3.05. The molecule has 3 rings (SSSR count). The van der Waals surface area contributed by atoms with Gasteiger partial charge in [-0.15, -0.1) is 12.4 Å². The normalized spacial score (nSPS) is 14.8. The number of amides is 1. The maximum atomic E-state index is 13.6. The van der Waals surface area contributed by atoms with E-state index in [1.54, 1.807) is 19.1 Å². The summed E-state index contributed by atoms with van der Waals surface area (Å²) in [6, 6.07) is 5.05. The molecule has 0 saturated carbocycles. The van der Waals surface area contributed by atoms with E-state index in [1.165, 1.54) is 6.07 Å². The van der Waals surface area contributed by atoms with E-state index in [2.05, 4.69) is 20.8 Å². The molecule has 1 saturated heterocycles. The highest BCUT2D eigenvalue weighted by atomic mass is 35.5. The summed E-state index contributed by atoms with van der Waals surface area (Å²) in [5.74, 6) is 0.400. The number of halogens is 2. The zero-order valence-electron chi connectivity index (χ0n) is 14.0. The predicted octanol–water partition coefficient (Wildman–Crippen LogP) is 2.41. The SMILES string of the molecule is Cc1ccc(-c2noc(CCC(=O)NC3CCNCC3)n2)cc1F.Cl. The number of carbonyl (C=O) groups is 1. The molecule has 1 aromatic carbocycles. The molecule has 0 atom stereocenters. The number of benzene rings is 1. The molecule has 136 valence electrons. The van der Waals surface area contributed by atoms with Crippen LogP contribution in [0.3, 0.4) is 0 Å². The molecule has 0 radical (unpaired) electrons. The van der Waals surface area contributed by atoms with E-state index in [0.29, 0.717) is 35.7 Å². The van der Waals surface area contributed by atoms with Crippen LogP contribution in [0.5, 0.6) is 0 Å². The Morgan fingerprint density at radius 2 is 2.16 bits per heavy atom. The summed E-state index contributed by atoms with van der Waals surface area (Å²) in [5, 5.41) is 10.1. The lowest BCUT2D eigenvalue weighted by molar-refractivity contribution is -0.122. The van der Waals surface area contributed by atoms with Gasteiger partial charge < -0.3 is 15.2 Å². The maximum absolute atomic E-state index is 13.6. The van der Waals surface area contributed by atoms with Crippen LogP contribution in [0, 0.1) is 12.7 Å². The van der Waals surface area contributed by atoms with Crippen LogP contribution in [-0.4, -0.2) is 35.2 Å². The van der Waals surface area contributed by atoms with Gasteiger partial charge in [0.1, 0.15) is 5.82 Å². The van der Waals surface area contributed by atoms with E-state index in [-0.39, 0.29) is 30.2 Å². The van der Waals surface area contributed by atoms with Crippen molar-refractivity contribution in [3.8, 4) is 11.4 Å². The van der Waals surface area contributed by atoms with Gasteiger partial charge in [-0.05, 0) is 44.5 Å². The third kappa shape index (κ3) is 5.24. The summed E-state index contributed by atoms with van der Waals surface area (Å²) in [7, 11) is 0. The third-order valence-corrected chi connectivity index (χ3v) is 4.17. The van der Waals surface area contributed by atoms with E-state index in [0.717, 1.165) is 25.9 Å². The Labute approximate surface area is 152 Å². The molecule has 2 aromatic rings. The molecule has 0 unspecified atom stereocenters. The van der Waals surface area contributed by atoms with Gasteiger partial charge in [-0.25, -0.2) is 4.39 Å². The van der Waals surface area contributed by atoms with Gasteiger partial charge >= 0.3 is 0 Å². The van der Waals surface area contributed by atoms with Crippen molar-refractivity contribution in [3.63, 3.8) is 0 Å². The molecule has 1 aromatic heterocycles. The van der Waals surface area contributed by atoms with Gasteiger partial charge in [0.25, 0.3) is 0 Å². The monoisotopic (exact) mass is 368 g/mol. The summed E-state index contributed by atoms with van der Waals surface area (Å²) in [6.45, 7) is 3.57. The van der Waals surface area contributed by atoms with Gasteiger partial charge in [-0.1, -0.05) is 17.3 Å². The maximum Gasteiger partial charge on any atom is 0.227 e. The summed E-state index contributed by atoms with van der Waals surface area (Å²) in [6.07, 6.45) is 2.58. The molecule has 6 nitrogen and oxygen atoms in total. The minimum atomic E-state index is -0.305. The quantitative estimate of drug-likeness (QED) is 0.847. The molecule has 1 fully saturated rings. The molecule has 0 aliphatic carbocycles. The van der Waals surface area contributed by atoms with Crippen LogP contribution in [0.2, 0.25) is 0 Å². The fourth-order valence-electron chi connectivity index (χ4n) is 2.69. The van der Waals surface area contributed by atoms with E-state index < -0.39 is 0 Å². The van der Waals surface area contributed by atoms with Crippen molar-refractivity contribution in [1.82, 2.24) is 20.8 Å². The second-order valence-corrected chi connectivity index (χ2v) is 6.07. The van der Waals surface area contributed by atoms with Gasteiger partial charge in [0.05, 0.1) is 0 Å². The smallest absolute Gasteiger partial charge is 0.227 e. The van der Waals surface area contributed by atoms with Crippen LogP contribution >= 0.6 is 12.4 Å². The number of hydrogen-bond donors (Lipinski definition) is 2.